The average Bonchev–Trinajstić information content (AvgIpc) is 3.14. The van der Waals surface area contributed by atoms with Crippen LogP contribution in [-0.2, 0) is 28.9 Å². The van der Waals surface area contributed by atoms with Gasteiger partial charge in [0.15, 0.2) is 0 Å². The fraction of sp³-hybridized carbons (Fsp3) is 0.500. The zero-order valence-corrected chi connectivity index (χ0v) is 21.1. The Morgan fingerprint density at radius 1 is 1.09 bits per heavy atom. The molecular formula is C24H29Cl2N3O3S. The second-order valence-corrected chi connectivity index (χ2v) is 10.4. The molecule has 9 heteroatoms. The number of rotatable bonds is 7. The van der Waals surface area contributed by atoms with E-state index in [9.17, 15) is 9.59 Å². The van der Waals surface area contributed by atoms with Gasteiger partial charge in [-0.1, -0.05) is 29.3 Å². The number of ether oxygens (including phenoxy) is 1. The number of halogens is 2. The molecule has 2 heterocycles. The van der Waals surface area contributed by atoms with Crippen molar-refractivity contribution in [1.82, 2.24) is 9.80 Å². The molecule has 6 nitrogen and oxygen atoms in total. The van der Waals surface area contributed by atoms with Crippen LogP contribution < -0.4 is 5.32 Å². The van der Waals surface area contributed by atoms with Crippen molar-refractivity contribution >= 4 is 51.4 Å². The van der Waals surface area contributed by atoms with E-state index in [2.05, 4.69) is 15.1 Å². The molecule has 2 aromatic rings. The van der Waals surface area contributed by atoms with Gasteiger partial charge in [-0.25, -0.2) is 4.79 Å². The summed E-state index contributed by atoms with van der Waals surface area (Å²) in [6.07, 6.45) is 4.01. The van der Waals surface area contributed by atoms with Gasteiger partial charge in [0, 0.05) is 47.6 Å². The predicted molar refractivity (Wildman–Crippen MR) is 134 cm³/mol. The van der Waals surface area contributed by atoms with E-state index in [0.717, 1.165) is 69.5 Å². The largest absolute Gasteiger partial charge is 0.462 e. The van der Waals surface area contributed by atoms with Crippen LogP contribution in [-0.4, -0.2) is 61.0 Å². The second kappa shape index (κ2) is 11.2. The van der Waals surface area contributed by atoms with Gasteiger partial charge in [0.05, 0.1) is 18.7 Å². The van der Waals surface area contributed by atoms with Gasteiger partial charge in [-0.3, -0.25) is 14.6 Å². The topological polar surface area (TPSA) is 61.9 Å². The highest BCUT2D eigenvalue weighted by Crippen LogP contribution is 2.38. The van der Waals surface area contributed by atoms with Crippen molar-refractivity contribution in [2.24, 2.45) is 0 Å². The number of nitrogens with zero attached hydrogens (tertiary/aromatic N) is 2. The number of carbonyl (C=O) groups excluding carboxylic acids is 2. The van der Waals surface area contributed by atoms with Crippen molar-refractivity contribution in [3.63, 3.8) is 0 Å². The monoisotopic (exact) mass is 509 g/mol. The molecule has 0 saturated carbocycles. The molecule has 0 radical (unpaired) electrons. The van der Waals surface area contributed by atoms with E-state index in [-0.39, 0.29) is 11.9 Å². The lowest BCUT2D eigenvalue weighted by molar-refractivity contribution is -0.117. The molecule has 4 rings (SSSR count). The third kappa shape index (κ3) is 6.08. The van der Waals surface area contributed by atoms with Crippen LogP contribution in [0.3, 0.4) is 0 Å². The summed E-state index contributed by atoms with van der Waals surface area (Å²) in [6, 6.07) is 5.59. The molecule has 0 unspecified atom stereocenters. The van der Waals surface area contributed by atoms with Crippen LogP contribution >= 0.6 is 34.5 Å². The molecule has 2 aliphatic rings. The summed E-state index contributed by atoms with van der Waals surface area (Å²) in [5.41, 5.74) is 2.68. The van der Waals surface area contributed by atoms with E-state index >= 15 is 0 Å². The number of hydrogen-bond donors (Lipinski definition) is 1. The summed E-state index contributed by atoms with van der Waals surface area (Å²) in [7, 11) is 0. The van der Waals surface area contributed by atoms with Crippen LogP contribution in [0, 0.1) is 0 Å². The minimum atomic E-state index is -0.332. The van der Waals surface area contributed by atoms with Crippen molar-refractivity contribution in [3.05, 3.63) is 49.8 Å². The quantitative estimate of drug-likeness (QED) is 0.539. The van der Waals surface area contributed by atoms with E-state index in [1.165, 1.54) is 16.2 Å². The van der Waals surface area contributed by atoms with Crippen molar-refractivity contribution in [1.29, 1.82) is 0 Å². The molecule has 178 valence electrons. The Hall–Kier alpha value is -1.64. The fourth-order valence-electron chi connectivity index (χ4n) is 4.44. The Morgan fingerprint density at radius 3 is 2.55 bits per heavy atom. The molecule has 1 saturated heterocycles. The van der Waals surface area contributed by atoms with Crippen molar-refractivity contribution in [2.45, 2.75) is 39.2 Å². The maximum Gasteiger partial charge on any atom is 0.341 e. The molecule has 1 aromatic carbocycles. The first-order valence-corrected chi connectivity index (χ1v) is 13.0. The van der Waals surface area contributed by atoms with Gasteiger partial charge >= 0.3 is 5.97 Å². The molecule has 0 spiro atoms. The highest BCUT2D eigenvalue weighted by atomic mass is 35.5. The van der Waals surface area contributed by atoms with Crippen molar-refractivity contribution in [3.8, 4) is 0 Å². The first kappa shape index (κ1) is 24.5. The van der Waals surface area contributed by atoms with Crippen molar-refractivity contribution in [2.75, 3.05) is 44.6 Å². The number of thiophene rings is 1. The molecule has 1 N–H and O–H groups in total. The highest BCUT2D eigenvalue weighted by molar-refractivity contribution is 7.17. The summed E-state index contributed by atoms with van der Waals surface area (Å²) >= 11 is 13.8. The fourth-order valence-corrected chi connectivity index (χ4v) is 6.20. The predicted octanol–water partition coefficient (Wildman–Crippen LogP) is 4.87. The third-order valence-electron chi connectivity index (χ3n) is 6.14. The zero-order valence-electron chi connectivity index (χ0n) is 18.8. The Kier molecular flexibility index (Phi) is 8.30. The zero-order chi connectivity index (χ0) is 23.4. The molecule has 1 aliphatic carbocycles. The van der Waals surface area contributed by atoms with Crippen LogP contribution in [0.5, 0.6) is 0 Å². The number of amides is 1. The molecular weight excluding hydrogens is 481 g/mol. The average molecular weight is 510 g/mol. The lowest BCUT2D eigenvalue weighted by Gasteiger charge is -2.34. The molecule has 1 aliphatic heterocycles. The van der Waals surface area contributed by atoms with Gasteiger partial charge in [-0.2, -0.15) is 0 Å². The smallest absolute Gasteiger partial charge is 0.341 e. The van der Waals surface area contributed by atoms with Crippen LogP contribution in [0.1, 0.15) is 46.1 Å². The number of fused-ring (bicyclic) bond motifs is 1. The summed E-state index contributed by atoms with van der Waals surface area (Å²) in [5, 5.41) is 4.97. The summed E-state index contributed by atoms with van der Waals surface area (Å²) < 4.78 is 5.28. The van der Waals surface area contributed by atoms with Crippen LogP contribution in [0.15, 0.2) is 18.2 Å². The Labute approximate surface area is 208 Å². The van der Waals surface area contributed by atoms with Gasteiger partial charge < -0.3 is 10.1 Å². The second-order valence-electron chi connectivity index (χ2n) is 8.47. The number of nitrogens with one attached hydrogen (secondary N) is 1. The maximum absolute atomic E-state index is 12.8. The molecule has 1 amide bonds. The minimum Gasteiger partial charge on any atom is -0.462 e. The van der Waals surface area contributed by atoms with E-state index in [1.807, 2.05) is 12.1 Å². The van der Waals surface area contributed by atoms with Gasteiger partial charge in [-0.05, 0) is 55.9 Å². The number of esters is 1. The number of aryl methyl sites for hydroxylation is 1. The molecule has 33 heavy (non-hydrogen) atoms. The normalized spacial score (nSPS) is 16.9. The molecule has 0 bridgehead atoms. The Morgan fingerprint density at radius 2 is 1.82 bits per heavy atom. The summed E-state index contributed by atoms with van der Waals surface area (Å²) in [5.74, 6) is -0.421. The molecule has 1 fully saturated rings. The highest BCUT2D eigenvalue weighted by Gasteiger charge is 2.28. The van der Waals surface area contributed by atoms with Gasteiger partial charge in [0.1, 0.15) is 5.00 Å². The Balaban J connectivity index is 1.33. The number of piperazine rings is 1. The number of hydrogen-bond acceptors (Lipinski definition) is 6. The lowest BCUT2D eigenvalue weighted by Crippen LogP contribution is -2.48. The van der Waals surface area contributed by atoms with E-state index < -0.39 is 0 Å². The minimum absolute atomic E-state index is 0.0895. The first-order valence-electron chi connectivity index (χ1n) is 11.4. The summed E-state index contributed by atoms with van der Waals surface area (Å²) in [4.78, 5) is 31.1. The number of anilines is 1. The van der Waals surface area contributed by atoms with Gasteiger partial charge in [0.25, 0.3) is 0 Å². The van der Waals surface area contributed by atoms with Gasteiger partial charge in [0.2, 0.25) is 5.91 Å². The maximum atomic E-state index is 12.8. The number of benzene rings is 1. The summed E-state index contributed by atoms with van der Waals surface area (Å²) in [6.45, 7) is 6.49. The van der Waals surface area contributed by atoms with Crippen molar-refractivity contribution < 1.29 is 14.3 Å². The van der Waals surface area contributed by atoms with Crippen LogP contribution in [0.4, 0.5) is 5.00 Å². The molecule has 0 atom stereocenters. The third-order valence-corrected chi connectivity index (χ3v) is 7.94. The lowest BCUT2D eigenvalue weighted by atomic mass is 9.95. The van der Waals surface area contributed by atoms with E-state index in [4.69, 9.17) is 27.9 Å². The van der Waals surface area contributed by atoms with Crippen LogP contribution in [0.2, 0.25) is 10.0 Å². The standard InChI is InChI=1S/C24H29Cl2N3O3S/c1-2-32-24(31)22-18-5-3-4-6-20(18)33-23(22)27-21(30)15-29-11-9-28(10-12-29)14-16-7-8-17(25)13-19(16)26/h7-8,13H,2-6,9-12,14-15H2,1H3,(H,27,30). The number of carbonyl (C=O) groups is 2. The van der Waals surface area contributed by atoms with E-state index in [1.54, 1.807) is 13.0 Å². The van der Waals surface area contributed by atoms with E-state index in [0.29, 0.717) is 33.8 Å². The van der Waals surface area contributed by atoms with Gasteiger partial charge in [-0.15, -0.1) is 11.3 Å². The Bertz CT molecular complexity index is 1020. The molecule has 1 aromatic heterocycles. The first-order chi connectivity index (χ1) is 15.9. The SMILES string of the molecule is CCOC(=O)c1c(NC(=O)CN2CCN(Cc3ccc(Cl)cc3Cl)CC2)sc2c1CCCC2. The van der Waals surface area contributed by atoms with Crippen LogP contribution in [0.25, 0.3) is 0 Å².